The lowest BCUT2D eigenvalue weighted by atomic mass is 10.0. The van der Waals surface area contributed by atoms with Gasteiger partial charge in [0.25, 0.3) is 0 Å². The molecule has 0 bridgehead atoms. The Kier molecular flexibility index (Phi) is 47.7. The molecule has 0 aromatic carbocycles. The Morgan fingerprint density at radius 1 is 0.370 bits per heavy atom. The van der Waals surface area contributed by atoms with Gasteiger partial charge < -0.3 is 4.74 Å². The van der Waals surface area contributed by atoms with Crippen LogP contribution in [0.2, 0.25) is 0 Å². The van der Waals surface area contributed by atoms with Crippen molar-refractivity contribution in [3.8, 4) is 0 Å². The van der Waals surface area contributed by atoms with Gasteiger partial charge in [-0.2, -0.15) is 0 Å². The first-order chi connectivity index (χ1) is 26.7. The molecule has 0 saturated heterocycles. The zero-order valence-corrected chi connectivity index (χ0v) is 37.9. The minimum Gasteiger partial charge on any atom is -0.466 e. The summed E-state index contributed by atoms with van der Waals surface area (Å²) < 4.78 is 5.49. The number of carbonyl (C=O) groups excluding carboxylic acids is 1. The molecule has 0 fully saturated rings. The van der Waals surface area contributed by atoms with E-state index in [1.807, 2.05) is 0 Å². The van der Waals surface area contributed by atoms with Gasteiger partial charge in [-0.1, -0.05) is 270 Å². The maximum Gasteiger partial charge on any atom is 0.305 e. The molecule has 0 rings (SSSR count). The van der Waals surface area contributed by atoms with Crippen LogP contribution in [-0.4, -0.2) is 12.6 Å². The van der Waals surface area contributed by atoms with Crippen LogP contribution < -0.4 is 0 Å². The third-order valence-electron chi connectivity index (χ3n) is 11.8. The van der Waals surface area contributed by atoms with Crippen LogP contribution in [0.4, 0.5) is 0 Å². The van der Waals surface area contributed by atoms with Crippen LogP contribution in [0, 0.1) is 5.92 Å². The fourth-order valence-electron chi connectivity index (χ4n) is 8.03. The zero-order valence-electron chi connectivity index (χ0n) is 37.9. The fourth-order valence-corrected chi connectivity index (χ4v) is 8.03. The molecule has 0 heterocycles. The van der Waals surface area contributed by atoms with Crippen molar-refractivity contribution in [2.45, 2.75) is 303 Å². The second-order valence-electron chi connectivity index (χ2n) is 18.0. The van der Waals surface area contributed by atoms with Gasteiger partial charge in [-0.05, 0) is 44.4 Å². The summed E-state index contributed by atoms with van der Waals surface area (Å²) in [6.45, 7) is 7.61. The highest BCUT2D eigenvalue weighted by Gasteiger charge is 2.03. The zero-order chi connectivity index (χ0) is 39.1. The average molecular weight is 759 g/mol. The monoisotopic (exact) mass is 759 g/mol. The molecule has 0 aliphatic heterocycles. The highest BCUT2D eigenvalue weighted by Crippen LogP contribution is 2.17. The minimum atomic E-state index is 0.0258. The van der Waals surface area contributed by atoms with Gasteiger partial charge in [-0.15, -0.1) is 0 Å². The summed E-state index contributed by atoms with van der Waals surface area (Å²) in [4.78, 5) is 12.0. The number of ether oxygens (including phenoxy) is 1. The Balaban J connectivity index is 3.16. The van der Waals surface area contributed by atoms with Crippen molar-refractivity contribution in [3.63, 3.8) is 0 Å². The van der Waals surface area contributed by atoms with Crippen LogP contribution in [0.1, 0.15) is 303 Å². The highest BCUT2D eigenvalue weighted by molar-refractivity contribution is 5.69. The molecule has 0 amide bonds. The molecule has 2 heteroatoms. The number of unbranched alkanes of at least 4 members (excludes halogenated alkanes) is 39. The summed E-state index contributed by atoms with van der Waals surface area (Å²) in [5.41, 5.74) is 0. The maximum absolute atomic E-state index is 12.0. The Bertz CT molecular complexity index is 711. The molecule has 0 unspecified atom stereocenters. The molecule has 0 aromatic heterocycles. The largest absolute Gasteiger partial charge is 0.466 e. The van der Waals surface area contributed by atoms with Gasteiger partial charge in [0.05, 0.1) is 6.61 Å². The molecule has 0 N–H and O–H groups in total. The molecular formula is C52H102O2. The number of rotatable bonds is 47. The van der Waals surface area contributed by atoms with Crippen molar-refractivity contribution < 1.29 is 9.53 Å². The SMILES string of the molecule is CCCCCCCCC=CCCCCCCCCCC(=O)OCCCCCCCCCCCCCCCCCCCCCCCCCCCCCC(C)C. The molecular weight excluding hydrogens is 657 g/mol. The number of hydrogen-bond donors (Lipinski definition) is 0. The van der Waals surface area contributed by atoms with Gasteiger partial charge in [-0.3, -0.25) is 4.79 Å². The van der Waals surface area contributed by atoms with Crippen LogP contribution in [0.5, 0.6) is 0 Å². The first-order valence-corrected chi connectivity index (χ1v) is 25.5. The molecule has 2 nitrogen and oxygen atoms in total. The summed E-state index contributed by atoms with van der Waals surface area (Å²) >= 11 is 0. The van der Waals surface area contributed by atoms with Crippen LogP contribution >= 0.6 is 0 Å². The van der Waals surface area contributed by atoms with E-state index in [9.17, 15) is 4.79 Å². The van der Waals surface area contributed by atoms with Crippen molar-refractivity contribution >= 4 is 5.97 Å². The second kappa shape index (κ2) is 48.4. The van der Waals surface area contributed by atoms with Gasteiger partial charge in [0.1, 0.15) is 0 Å². The number of carbonyl (C=O) groups is 1. The molecule has 0 radical (unpaired) electrons. The van der Waals surface area contributed by atoms with E-state index in [0.717, 1.165) is 18.8 Å². The van der Waals surface area contributed by atoms with Crippen LogP contribution in [0.3, 0.4) is 0 Å². The lowest BCUT2D eigenvalue weighted by Gasteiger charge is -2.06. The molecule has 322 valence electrons. The van der Waals surface area contributed by atoms with E-state index in [1.54, 1.807) is 0 Å². The molecule has 0 atom stereocenters. The predicted molar refractivity (Wildman–Crippen MR) is 244 cm³/mol. The standard InChI is InChI=1S/C52H102O2/c1-4-5-6-7-8-9-10-11-12-24-28-31-34-37-40-43-46-49-52(53)54-50-47-44-41-38-35-32-29-26-23-21-19-17-15-13-14-16-18-20-22-25-27-30-33-36-39-42-45-48-51(2)3/h11-12,51H,4-10,13-50H2,1-3H3. The van der Waals surface area contributed by atoms with Gasteiger partial charge in [0.2, 0.25) is 0 Å². The fraction of sp³-hybridized carbons (Fsp3) is 0.942. The van der Waals surface area contributed by atoms with Crippen LogP contribution in [0.25, 0.3) is 0 Å². The third kappa shape index (κ3) is 49.2. The minimum absolute atomic E-state index is 0.0258. The van der Waals surface area contributed by atoms with Crippen molar-refractivity contribution in [3.05, 3.63) is 12.2 Å². The van der Waals surface area contributed by atoms with Gasteiger partial charge in [0.15, 0.2) is 0 Å². The lowest BCUT2D eigenvalue weighted by molar-refractivity contribution is -0.143. The van der Waals surface area contributed by atoms with E-state index in [4.69, 9.17) is 4.74 Å². The molecule has 0 aliphatic carbocycles. The molecule has 0 aromatic rings. The summed E-state index contributed by atoms with van der Waals surface area (Å²) in [7, 11) is 0. The smallest absolute Gasteiger partial charge is 0.305 e. The highest BCUT2D eigenvalue weighted by atomic mass is 16.5. The Morgan fingerprint density at radius 3 is 0.981 bits per heavy atom. The Hall–Kier alpha value is -0.790. The lowest BCUT2D eigenvalue weighted by Crippen LogP contribution is -2.05. The van der Waals surface area contributed by atoms with Gasteiger partial charge in [-0.25, -0.2) is 0 Å². The molecule has 0 aliphatic rings. The van der Waals surface area contributed by atoms with Gasteiger partial charge in [0, 0.05) is 6.42 Å². The quantitative estimate of drug-likeness (QED) is 0.0351. The summed E-state index contributed by atoms with van der Waals surface area (Å²) in [5, 5.41) is 0. The normalized spacial score (nSPS) is 11.8. The first-order valence-electron chi connectivity index (χ1n) is 25.5. The second-order valence-corrected chi connectivity index (χ2v) is 18.0. The van der Waals surface area contributed by atoms with E-state index in [1.165, 1.54) is 263 Å². The van der Waals surface area contributed by atoms with Crippen molar-refractivity contribution in [1.29, 1.82) is 0 Å². The number of allylic oxidation sites excluding steroid dienone is 2. The molecule has 0 saturated carbocycles. The first kappa shape index (κ1) is 53.2. The van der Waals surface area contributed by atoms with E-state index >= 15 is 0 Å². The third-order valence-corrected chi connectivity index (χ3v) is 11.8. The Labute approximate surface area is 342 Å². The number of esters is 1. The van der Waals surface area contributed by atoms with Gasteiger partial charge >= 0.3 is 5.97 Å². The summed E-state index contributed by atoms with van der Waals surface area (Å²) in [6.07, 6.45) is 65.0. The Morgan fingerprint density at radius 2 is 0.648 bits per heavy atom. The maximum atomic E-state index is 12.0. The van der Waals surface area contributed by atoms with E-state index in [-0.39, 0.29) is 5.97 Å². The number of hydrogen-bond acceptors (Lipinski definition) is 2. The van der Waals surface area contributed by atoms with Crippen molar-refractivity contribution in [2.75, 3.05) is 6.61 Å². The van der Waals surface area contributed by atoms with Crippen LogP contribution in [0.15, 0.2) is 12.2 Å². The van der Waals surface area contributed by atoms with E-state index < -0.39 is 0 Å². The summed E-state index contributed by atoms with van der Waals surface area (Å²) in [5.74, 6) is 0.913. The molecule has 54 heavy (non-hydrogen) atoms. The van der Waals surface area contributed by atoms with Crippen LogP contribution in [-0.2, 0) is 9.53 Å². The van der Waals surface area contributed by atoms with Crippen molar-refractivity contribution in [2.24, 2.45) is 5.92 Å². The predicted octanol–water partition coefficient (Wildman–Crippen LogP) is 18.9. The van der Waals surface area contributed by atoms with Crippen molar-refractivity contribution in [1.82, 2.24) is 0 Å². The van der Waals surface area contributed by atoms with E-state index in [2.05, 4.69) is 32.9 Å². The molecule has 0 spiro atoms. The van der Waals surface area contributed by atoms with E-state index in [0.29, 0.717) is 13.0 Å². The average Bonchev–Trinajstić information content (AvgIpc) is 3.16. The topological polar surface area (TPSA) is 26.3 Å². The summed E-state index contributed by atoms with van der Waals surface area (Å²) in [6, 6.07) is 0.